The first kappa shape index (κ1) is 19.5. The van der Waals surface area contributed by atoms with E-state index in [9.17, 15) is 13.2 Å². The molecule has 2 fully saturated rings. The van der Waals surface area contributed by atoms with Crippen molar-refractivity contribution in [2.45, 2.75) is 29.8 Å². The Hall–Kier alpha value is -1.84. The Bertz CT molecular complexity index is 918. The third kappa shape index (κ3) is 4.59. The van der Waals surface area contributed by atoms with E-state index in [2.05, 4.69) is 9.55 Å². The number of rotatable bonds is 7. The zero-order valence-electron chi connectivity index (χ0n) is 15.6. The molecule has 0 spiro atoms. The Morgan fingerprint density at radius 2 is 1.82 bits per heavy atom. The van der Waals surface area contributed by atoms with Gasteiger partial charge in [-0.3, -0.25) is 4.79 Å². The van der Waals surface area contributed by atoms with Gasteiger partial charge in [-0.25, -0.2) is 13.4 Å². The SMILES string of the molecule is O=C(CSc1nccn1C1CC1)N1CCN(S(=O)(=O)Cc2ccccc2)CC1. The molecular formula is C19H24N4O3S2. The van der Waals surface area contributed by atoms with E-state index in [-0.39, 0.29) is 11.7 Å². The van der Waals surface area contributed by atoms with Gasteiger partial charge in [-0.2, -0.15) is 4.31 Å². The van der Waals surface area contributed by atoms with Crippen molar-refractivity contribution in [1.29, 1.82) is 0 Å². The second-order valence-corrected chi connectivity index (χ2v) is 10.1. The highest BCUT2D eigenvalue weighted by atomic mass is 32.2. The van der Waals surface area contributed by atoms with Crippen LogP contribution < -0.4 is 0 Å². The molecule has 2 aliphatic rings. The highest BCUT2D eigenvalue weighted by molar-refractivity contribution is 7.99. The second kappa shape index (κ2) is 8.26. The van der Waals surface area contributed by atoms with Gasteiger partial charge in [0.05, 0.1) is 11.5 Å². The van der Waals surface area contributed by atoms with Crippen LogP contribution in [0, 0.1) is 0 Å². The van der Waals surface area contributed by atoms with E-state index >= 15 is 0 Å². The standard InChI is InChI=1S/C19H24N4O3S2/c24-18(14-27-19-20-8-9-23(19)17-6-7-17)21-10-12-22(13-11-21)28(25,26)15-16-4-2-1-3-5-16/h1-5,8-9,17H,6-7,10-15H2. The summed E-state index contributed by atoms with van der Waals surface area (Å²) in [5, 5.41) is 0.889. The van der Waals surface area contributed by atoms with Crippen LogP contribution in [0.5, 0.6) is 0 Å². The van der Waals surface area contributed by atoms with E-state index in [1.54, 1.807) is 11.1 Å². The molecule has 9 heteroatoms. The molecule has 0 N–H and O–H groups in total. The minimum absolute atomic E-state index is 0.00145. The summed E-state index contributed by atoms with van der Waals surface area (Å²) in [5.74, 6) is 0.373. The van der Waals surface area contributed by atoms with Crippen molar-refractivity contribution in [3.63, 3.8) is 0 Å². The minimum Gasteiger partial charge on any atom is -0.339 e. The number of thioether (sulfide) groups is 1. The molecule has 0 unspecified atom stereocenters. The molecule has 28 heavy (non-hydrogen) atoms. The van der Waals surface area contributed by atoms with Gasteiger partial charge >= 0.3 is 0 Å². The number of hydrogen-bond donors (Lipinski definition) is 0. The van der Waals surface area contributed by atoms with Crippen LogP contribution >= 0.6 is 11.8 Å². The maximum Gasteiger partial charge on any atom is 0.233 e. The van der Waals surface area contributed by atoms with E-state index in [1.807, 2.05) is 36.5 Å². The molecule has 150 valence electrons. The summed E-state index contributed by atoms with van der Waals surface area (Å²) in [4.78, 5) is 18.6. The van der Waals surface area contributed by atoms with Gasteiger partial charge in [0.1, 0.15) is 0 Å². The number of aromatic nitrogens is 2. The van der Waals surface area contributed by atoms with Crippen LogP contribution in [-0.2, 0) is 20.6 Å². The number of hydrogen-bond acceptors (Lipinski definition) is 5. The van der Waals surface area contributed by atoms with Gasteiger partial charge in [0.2, 0.25) is 15.9 Å². The molecule has 0 atom stereocenters. The Labute approximate surface area is 169 Å². The summed E-state index contributed by atoms with van der Waals surface area (Å²) in [7, 11) is -3.36. The molecule has 0 radical (unpaired) electrons. The largest absolute Gasteiger partial charge is 0.339 e. The van der Waals surface area contributed by atoms with Crippen molar-refractivity contribution in [1.82, 2.24) is 18.8 Å². The molecule has 2 heterocycles. The lowest BCUT2D eigenvalue weighted by Gasteiger charge is -2.34. The van der Waals surface area contributed by atoms with Crippen LogP contribution in [0.1, 0.15) is 24.4 Å². The summed E-state index contributed by atoms with van der Waals surface area (Å²) < 4.78 is 28.9. The van der Waals surface area contributed by atoms with Gasteiger partial charge in [0.15, 0.2) is 5.16 Å². The average molecular weight is 421 g/mol. The number of carbonyl (C=O) groups is 1. The molecule has 0 bridgehead atoms. The fraction of sp³-hybridized carbons (Fsp3) is 0.474. The fourth-order valence-electron chi connectivity index (χ4n) is 3.35. The zero-order valence-corrected chi connectivity index (χ0v) is 17.2. The van der Waals surface area contributed by atoms with Gasteiger partial charge < -0.3 is 9.47 Å². The van der Waals surface area contributed by atoms with Crippen molar-refractivity contribution < 1.29 is 13.2 Å². The summed E-state index contributed by atoms with van der Waals surface area (Å²) in [6.45, 7) is 1.57. The van der Waals surface area contributed by atoms with Gasteiger partial charge in [-0.05, 0) is 18.4 Å². The molecule has 1 saturated heterocycles. The number of imidazole rings is 1. The highest BCUT2D eigenvalue weighted by Crippen LogP contribution is 2.37. The molecule has 4 rings (SSSR count). The molecule has 1 aromatic carbocycles. The number of amides is 1. The Kier molecular flexibility index (Phi) is 5.75. The maximum absolute atomic E-state index is 12.6. The van der Waals surface area contributed by atoms with Crippen molar-refractivity contribution in [3.8, 4) is 0 Å². The van der Waals surface area contributed by atoms with Crippen LogP contribution in [0.25, 0.3) is 0 Å². The number of benzene rings is 1. The Morgan fingerprint density at radius 1 is 1.11 bits per heavy atom. The summed E-state index contributed by atoms with van der Waals surface area (Å²) in [5.41, 5.74) is 0.781. The second-order valence-electron chi connectivity index (χ2n) is 7.16. The maximum atomic E-state index is 12.6. The van der Waals surface area contributed by atoms with Gasteiger partial charge in [0, 0.05) is 44.6 Å². The van der Waals surface area contributed by atoms with Crippen LogP contribution in [0.4, 0.5) is 0 Å². The molecule has 1 saturated carbocycles. The summed E-state index contributed by atoms with van der Waals surface area (Å²) in [6, 6.07) is 9.73. The van der Waals surface area contributed by atoms with Gasteiger partial charge in [-0.1, -0.05) is 42.1 Å². The summed E-state index contributed by atoms with van der Waals surface area (Å²) in [6.07, 6.45) is 6.11. The van der Waals surface area contributed by atoms with E-state index in [0.717, 1.165) is 10.7 Å². The quantitative estimate of drug-likeness (QED) is 0.641. The van der Waals surface area contributed by atoms with Crippen LogP contribution in [0.2, 0.25) is 0 Å². The number of sulfonamides is 1. The third-order valence-electron chi connectivity index (χ3n) is 5.07. The topological polar surface area (TPSA) is 75.5 Å². The molecule has 7 nitrogen and oxygen atoms in total. The van der Waals surface area contributed by atoms with Crippen LogP contribution in [0.3, 0.4) is 0 Å². The van der Waals surface area contributed by atoms with E-state index in [4.69, 9.17) is 0 Å². The lowest BCUT2D eigenvalue weighted by atomic mass is 10.2. The Balaban J connectivity index is 1.27. The molecule has 1 aromatic heterocycles. The van der Waals surface area contributed by atoms with Gasteiger partial charge in [0.25, 0.3) is 0 Å². The number of nitrogens with zero attached hydrogens (tertiary/aromatic N) is 4. The third-order valence-corrected chi connectivity index (χ3v) is 7.89. The molecule has 1 amide bonds. The first-order chi connectivity index (χ1) is 13.5. The fourth-order valence-corrected chi connectivity index (χ4v) is 5.80. The molecular weight excluding hydrogens is 396 g/mol. The predicted octanol–water partition coefficient (Wildman–Crippen LogP) is 1.98. The molecule has 1 aliphatic carbocycles. The van der Waals surface area contributed by atoms with E-state index in [1.165, 1.54) is 28.9 Å². The van der Waals surface area contributed by atoms with Crippen molar-refractivity contribution in [2.24, 2.45) is 0 Å². The van der Waals surface area contributed by atoms with E-state index in [0.29, 0.717) is 38.0 Å². The molecule has 1 aliphatic heterocycles. The molecule has 2 aromatic rings. The first-order valence-corrected chi connectivity index (χ1v) is 12.1. The normalized spacial score (nSPS) is 18.4. The highest BCUT2D eigenvalue weighted by Gasteiger charge is 2.30. The van der Waals surface area contributed by atoms with Crippen molar-refractivity contribution in [3.05, 3.63) is 48.3 Å². The van der Waals surface area contributed by atoms with E-state index < -0.39 is 10.0 Å². The number of piperazine rings is 1. The lowest BCUT2D eigenvalue weighted by Crippen LogP contribution is -2.51. The van der Waals surface area contributed by atoms with Gasteiger partial charge in [-0.15, -0.1) is 0 Å². The smallest absolute Gasteiger partial charge is 0.233 e. The number of carbonyl (C=O) groups excluding carboxylic acids is 1. The van der Waals surface area contributed by atoms with Crippen LogP contribution in [-0.4, -0.2) is 65.0 Å². The predicted molar refractivity (Wildman–Crippen MR) is 108 cm³/mol. The average Bonchev–Trinajstić information content (AvgIpc) is 3.44. The van der Waals surface area contributed by atoms with Crippen LogP contribution in [0.15, 0.2) is 47.9 Å². The minimum atomic E-state index is -3.36. The Morgan fingerprint density at radius 3 is 2.50 bits per heavy atom. The monoisotopic (exact) mass is 420 g/mol. The summed E-state index contributed by atoms with van der Waals surface area (Å²) >= 11 is 1.46. The zero-order chi connectivity index (χ0) is 19.6. The van der Waals surface area contributed by atoms with Crippen molar-refractivity contribution >= 4 is 27.7 Å². The van der Waals surface area contributed by atoms with Crippen molar-refractivity contribution in [2.75, 3.05) is 31.9 Å². The first-order valence-electron chi connectivity index (χ1n) is 9.48. The lowest BCUT2D eigenvalue weighted by molar-refractivity contribution is -0.129.